The van der Waals surface area contributed by atoms with Crippen molar-refractivity contribution in [2.24, 2.45) is 0 Å². The van der Waals surface area contributed by atoms with Crippen LogP contribution in [0.5, 0.6) is 0 Å². The first kappa shape index (κ1) is 16.4. The molecule has 0 aliphatic rings. The Balaban J connectivity index is 4.24. The molecule has 0 aromatic rings. The predicted molar refractivity (Wildman–Crippen MR) is 67.8 cm³/mol. The molecule has 2 atom stereocenters. The lowest BCUT2D eigenvalue weighted by atomic mass is 10.1. The fourth-order valence-corrected chi connectivity index (χ4v) is 1.53. The Bertz CT molecular complexity index is 234. The molecule has 0 saturated carbocycles. The summed E-state index contributed by atoms with van der Waals surface area (Å²) < 4.78 is 10.3. The second-order valence-corrected chi connectivity index (χ2v) is 5.26. The summed E-state index contributed by atoms with van der Waals surface area (Å²) in [6, 6.07) is -0.359. The lowest BCUT2D eigenvalue weighted by Crippen LogP contribution is -2.53. The van der Waals surface area contributed by atoms with E-state index in [4.69, 9.17) is 9.47 Å². The smallest absolute Gasteiger partial charge is 0.237 e. The summed E-state index contributed by atoms with van der Waals surface area (Å²) in [5, 5.41) is 6.06. The third-order valence-corrected chi connectivity index (χ3v) is 2.28. The molecule has 0 aromatic heterocycles. The quantitative estimate of drug-likeness (QED) is 0.683. The van der Waals surface area contributed by atoms with Gasteiger partial charge in [0.25, 0.3) is 0 Å². The van der Waals surface area contributed by atoms with E-state index < -0.39 is 0 Å². The number of ether oxygens (including phenoxy) is 2. The Morgan fingerprint density at radius 1 is 1.12 bits per heavy atom. The summed E-state index contributed by atoms with van der Waals surface area (Å²) in [7, 11) is 3.15. The Labute approximate surface area is 104 Å². The number of amides is 1. The molecule has 0 fully saturated rings. The number of hydrogen-bond acceptors (Lipinski definition) is 4. The summed E-state index contributed by atoms with van der Waals surface area (Å²) in [6.07, 6.45) is -0.361. The maximum Gasteiger partial charge on any atom is 0.237 e. The zero-order valence-corrected chi connectivity index (χ0v) is 12.0. The van der Waals surface area contributed by atoms with E-state index in [-0.39, 0.29) is 29.8 Å². The van der Waals surface area contributed by atoms with Gasteiger partial charge in [-0.1, -0.05) is 0 Å². The van der Waals surface area contributed by atoms with Gasteiger partial charge in [0.15, 0.2) is 6.29 Å². The Kier molecular flexibility index (Phi) is 6.67. The second kappa shape index (κ2) is 6.93. The molecule has 17 heavy (non-hydrogen) atoms. The van der Waals surface area contributed by atoms with Crippen LogP contribution in [0, 0.1) is 0 Å². The van der Waals surface area contributed by atoms with Gasteiger partial charge >= 0.3 is 0 Å². The number of nitrogens with one attached hydrogen (secondary N) is 2. The predicted octanol–water partition coefficient (Wildman–Crippen LogP) is 0.887. The largest absolute Gasteiger partial charge is 0.354 e. The van der Waals surface area contributed by atoms with Gasteiger partial charge in [0.2, 0.25) is 5.91 Å². The highest BCUT2D eigenvalue weighted by molar-refractivity contribution is 5.81. The number of hydrogen-bond donors (Lipinski definition) is 2. The van der Waals surface area contributed by atoms with Crippen LogP contribution >= 0.6 is 0 Å². The van der Waals surface area contributed by atoms with E-state index in [1.54, 1.807) is 14.2 Å². The van der Waals surface area contributed by atoms with Crippen molar-refractivity contribution in [3.63, 3.8) is 0 Å². The molecule has 2 unspecified atom stereocenters. The number of methoxy groups -OCH3 is 2. The van der Waals surface area contributed by atoms with Crippen molar-refractivity contribution in [2.45, 2.75) is 58.5 Å². The van der Waals surface area contributed by atoms with Crippen molar-refractivity contribution in [3.05, 3.63) is 0 Å². The van der Waals surface area contributed by atoms with Gasteiger partial charge in [-0.3, -0.25) is 10.1 Å². The zero-order valence-electron chi connectivity index (χ0n) is 12.0. The Hall–Kier alpha value is -0.650. The van der Waals surface area contributed by atoms with Crippen LogP contribution in [0.1, 0.15) is 34.6 Å². The van der Waals surface area contributed by atoms with Crippen molar-refractivity contribution in [1.29, 1.82) is 0 Å². The lowest BCUT2D eigenvalue weighted by molar-refractivity contribution is -0.130. The average molecular weight is 246 g/mol. The first-order chi connectivity index (χ1) is 7.71. The molecule has 2 N–H and O–H groups in total. The summed E-state index contributed by atoms with van der Waals surface area (Å²) in [6.45, 7) is 9.59. The number of rotatable bonds is 6. The van der Waals surface area contributed by atoms with Crippen LogP contribution < -0.4 is 10.6 Å². The number of carbonyl (C=O) groups is 1. The van der Waals surface area contributed by atoms with Crippen LogP contribution in [0.25, 0.3) is 0 Å². The molecule has 0 aliphatic carbocycles. The van der Waals surface area contributed by atoms with Gasteiger partial charge in [-0.05, 0) is 34.6 Å². The first-order valence-electron chi connectivity index (χ1n) is 5.85. The molecular weight excluding hydrogens is 220 g/mol. The van der Waals surface area contributed by atoms with Gasteiger partial charge in [-0.25, -0.2) is 0 Å². The maximum absolute atomic E-state index is 11.8. The van der Waals surface area contributed by atoms with Gasteiger partial charge in [0.05, 0.1) is 12.1 Å². The monoisotopic (exact) mass is 246 g/mol. The van der Waals surface area contributed by atoms with Crippen molar-refractivity contribution in [1.82, 2.24) is 10.6 Å². The second-order valence-electron chi connectivity index (χ2n) is 5.26. The van der Waals surface area contributed by atoms with E-state index in [9.17, 15) is 4.79 Å². The number of carbonyl (C=O) groups excluding carboxylic acids is 1. The summed E-state index contributed by atoms with van der Waals surface area (Å²) in [4.78, 5) is 11.8. The molecule has 0 rings (SSSR count). The van der Waals surface area contributed by atoms with Crippen molar-refractivity contribution < 1.29 is 14.3 Å². The van der Waals surface area contributed by atoms with E-state index in [1.807, 2.05) is 34.6 Å². The normalized spacial score (nSPS) is 15.8. The Morgan fingerprint density at radius 2 is 1.59 bits per heavy atom. The molecule has 0 bridgehead atoms. The maximum atomic E-state index is 11.8. The third kappa shape index (κ3) is 6.61. The van der Waals surface area contributed by atoms with Crippen LogP contribution in [0.4, 0.5) is 0 Å². The van der Waals surface area contributed by atoms with E-state index >= 15 is 0 Å². The molecule has 0 heterocycles. The fraction of sp³-hybridized carbons (Fsp3) is 0.917. The molecule has 0 aromatic carbocycles. The van der Waals surface area contributed by atoms with Crippen LogP contribution in [-0.2, 0) is 14.3 Å². The molecule has 0 aliphatic heterocycles. The SMILES string of the molecule is COC(OC)C(C)NC(C)C(=O)NC(C)(C)C. The van der Waals surface area contributed by atoms with Crippen LogP contribution in [0.15, 0.2) is 0 Å². The van der Waals surface area contributed by atoms with Gasteiger partial charge in [-0.2, -0.15) is 0 Å². The van der Waals surface area contributed by atoms with E-state index in [0.29, 0.717) is 0 Å². The zero-order chi connectivity index (χ0) is 13.6. The standard InChI is InChI=1S/C12H26N2O3/c1-8(10(15)14-12(3,4)5)13-9(2)11(16-6)17-7/h8-9,11,13H,1-7H3,(H,14,15). The van der Waals surface area contributed by atoms with Crippen LogP contribution in [0.3, 0.4) is 0 Å². The highest BCUT2D eigenvalue weighted by Crippen LogP contribution is 2.02. The summed E-state index contributed by atoms with van der Waals surface area (Å²) >= 11 is 0. The Morgan fingerprint density at radius 3 is 1.94 bits per heavy atom. The van der Waals surface area contributed by atoms with Crippen molar-refractivity contribution >= 4 is 5.91 Å². The topological polar surface area (TPSA) is 59.6 Å². The van der Waals surface area contributed by atoms with Crippen LogP contribution in [-0.4, -0.2) is 44.0 Å². The molecule has 0 saturated heterocycles. The van der Waals surface area contributed by atoms with E-state index in [1.165, 1.54) is 0 Å². The minimum Gasteiger partial charge on any atom is -0.354 e. The molecule has 0 spiro atoms. The first-order valence-corrected chi connectivity index (χ1v) is 5.85. The minimum atomic E-state index is -0.361. The molecule has 0 radical (unpaired) electrons. The van der Waals surface area contributed by atoms with Gasteiger partial charge < -0.3 is 14.8 Å². The molecule has 5 nitrogen and oxygen atoms in total. The highest BCUT2D eigenvalue weighted by Gasteiger charge is 2.23. The van der Waals surface area contributed by atoms with Gasteiger partial charge in [-0.15, -0.1) is 0 Å². The van der Waals surface area contributed by atoms with Crippen LogP contribution in [0.2, 0.25) is 0 Å². The molecule has 1 amide bonds. The van der Waals surface area contributed by atoms with Gasteiger partial charge in [0, 0.05) is 19.8 Å². The van der Waals surface area contributed by atoms with Crippen molar-refractivity contribution in [3.8, 4) is 0 Å². The summed E-state index contributed by atoms with van der Waals surface area (Å²) in [5.41, 5.74) is -0.224. The average Bonchev–Trinajstić information content (AvgIpc) is 2.16. The molecular formula is C12H26N2O3. The fourth-order valence-electron chi connectivity index (χ4n) is 1.53. The van der Waals surface area contributed by atoms with E-state index in [0.717, 1.165) is 0 Å². The molecule has 5 heteroatoms. The highest BCUT2D eigenvalue weighted by atomic mass is 16.7. The third-order valence-electron chi connectivity index (χ3n) is 2.28. The van der Waals surface area contributed by atoms with E-state index in [2.05, 4.69) is 10.6 Å². The molecule has 102 valence electrons. The van der Waals surface area contributed by atoms with Gasteiger partial charge in [0.1, 0.15) is 0 Å². The minimum absolute atomic E-state index is 0.0321. The van der Waals surface area contributed by atoms with Crippen molar-refractivity contribution in [2.75, 3.05) is 14.2 Å². The summed E-state index contributed by atoms with van der Waals surface area (Å²) in [5.74, 6) is -0.0321. The lowest BCUT2D eigenvalue weighted by Gasteiger charge is -2.28.